The predicted molar refractivity (Wildman–Crippen MR) is 112 cm³/mol. The Morgan fingerprint density at radius 2 is 2.04 bits per heavy atom. The summed E-state index contributed by atoms with van der Waals surface area (Å²) in [6, 6.07) is 9.76. The summed E-state index contributed by atoms with van der Waals surface area (Å²) >= 11 is 7.40. The van der Waals surface area contributed by atoms with Crippen molar-refractivity contribution in [2.75, 3.05) is 16.4 Å². The SMILES string of the molecule is Cc1c(Cl)cccc1NC(=O)CCS(=O)(=O)c1ccc2c(c1)NC(=O)C(C)S2. The van der Waals surface area contributed by atoms with E-state index in [9.17, 15) is 18.0 Å². The molecule has 6 nitrogen and oxygen atoms in total. The third-order valence-corrected chi connectivity index (χ3v) is 7.68. The van der Waals surface area contributed by atoms with Crippen LogP contribution < -0.4 is 10.6 Å². The molecule has 0 spiro atoms. The Bertz CT molecular complexity index is 1050. The summed E-state index contributed by atoms with van der Waals surface area (Å²) in [5.74, 6) is -0.915. The van der Waals surface area contributed by atoms with Crippen LogP contribution in [0.4, 0.5) is 11.4 Å². The monoisotopic (exact) mass is 438 g/mol. The van der Waals surface area contributed by atoms with Gasteiger partial charge in [0.25, 0.3) is 0 Å². The Labute approximate surface area is 173 Å². The Balaban J connectivity index is 1.69. The van der Waals surface area contributed by atoms with E-state index in [1.807, 2.05) is 0 Å². The Morgan fingerprint density at radius 1 is 1.29 bits per heavy atom. The average Bonchev–Trinajstić information content (AvgIpc) is 2.64. The van der Waals surface area contributed by atoms with Crippen LogP contribution in [0.3, 0.4) is 0 Å². The molecule has 2 aromatic carbocycles. The van der Waals surface area contributed by atoms with E-state index in [0.29, 0.717) is 16.4 Å². The van der Waals surface area contributed by atoms with E-state index in [1.54, 1.807) is 38.1 Å². The van der Waals surface area contributed by atoms with E-state index in [4.69, 9.17) is 11.6 Å². The second kappa shape index (κ2) is 8.14. The van der Waals surface area contributed by atoms with Gasteiger partial charge < -0.3 is 10.6 Å². The minimum absolute atomic E-state index is 0.0773. The number of hydrogen-bond acceptors (Lipinski definition) is 5. The third-order valence-electron chi connectivity index (χ3n) is 4.38. The maximum absolute atomic E-state index is 12.6. The number of carbonyl (C=O) groups excluding carboxylic acids is 2. The summed E-state index contributed by atoms with van der Waals surface area (Å²) in [6.45, 7) is 3.56. The fourth-order valence-electron chi connectivity index (χ4n) is 2.68. The van der Waals surface area contributed by atoms with Crippen LogP contribution in [-0.4, -0.2) is 31.2 Å². The second-order valence-electron chi connectivity index (χ2n) is 6.44. The summed E-state index contributed by atoms with van der Waals surface area (Å²) < 4.78 is 25.2. The molecule has 1 unspecified atom stereocenters. The van der Waals surface area contributed by atoms with Crippen molar-refractivity contribution in [1.82, 2.24) is 0 Å². The highest BCUT2D eigenvalue weighted by molar-refractivity contribution is 8.01. The number of thioether (sulfide) groups is 1. The lowest BCUT2D eigenvalue weighted by atomic mass is 10.2. The van der Waals surface area contributed by atoms with Gasteiger partial charge in [-0.1, -0.05) is 17.7 Å². The largest absolute Gasteiger partial charge is 0.326 e. The van der Waals surface area contributed by atoms with Gasteiger partial charge in [-0.25, -0.2) is 8.42 Å². The summed E-state index contributed by atoms with van der Waals surface area (Å²) in [5, 5.41) is 5.70. The standard InChI is InChI=1S/C19H19ClN2O4S2/c1-11-14(20)4-3-5-15(11)21-18(23)8-9-28(25,26)13-6-7-17-16(10-13)22-19(24)12(2)27-17/h3-7,10,12H,8-9H2,1-2H3,(H,21,23)(H,22,24). The quantitative estimate of drug-likeness (QED) is 0.738. The molecule has 0 saturated carbocycles. The van der Waals surface area contributed by atoms with Crippen LogP contribution in [0, 0.1) is 6.92 Å². The molecule has 2 aromatic rings. The van der Waals surface area contributed by atoms with Crippen molar-refractivity contribution in [3.05, 3.63) is 47.0 Å². The first kappa shape index (κ1) is 20.7. The van der Waals surface area contributed by atoms with Crippen molar-refractivity contribution in [3.63, 3.8) is 0 Å². The van der Waals surface area contributed by atoms with Gasteiger partial charge in [-0.05, 0) is 49.7 Å². The van der Waals surface area contributed by atoms with Crippen molar-refractivity contribution >= 4 is 56.4 Å². The van der Waals surface area contributed by atoms with E-state index >= 15 is 0 Å². The lowest BCUT2D eigenvalue weighted by Gasteiger charge is -2.21. The van der Waals surface area contributed by atoms with Crippen LogP contribution in [0.2, 0.25) is 5.02 Å². The molecule has 0 aliphatic carbocycles. The molecule has 0 fully saturated rings. The van der Waals surface area contributed by atoms with Crippen molar-refractivity contribution in [2.45, 2.75) is 35.3 Å². The Hall–Kier alpha value is -2.03. The van der Waals surface area contributed by atoms with Gasteiger partial charge in [-0.3, -0.25) is 9.59 Å². The van der Waals surface area contributed by atoms with Gasteiger partial charge in [0.15, 0.2) is 9.84 Å². The number of fused-ring (bicyclic) bond motifs is 1. The van der Waals surface area contributed by atoms with E-state index in [2.05, 4.69) is 10.6 Å². The molecule has 0 saturated heterocycles. The van der Waals surface area contributed by atoms with Crippen molar-refractivity contribution in [2.24, 2.45) is 0 Å². The van der Waals surface area contributed by atoms with E-state index in [1.165, 1.54) is 23.9 Å². The summed E-state index contributed by atoms with van der Waals surface area (Å²) in [5.41, 5.74) is 1.75. The van der Waals surface area contributed by atoms with Crippen LogP contribution in [0.15, 0.2) is 46.2 Å². The molecule has 3 rings (SSSR count). The molecule has 0 bridgehead atoms. The molecule has 0 aromatic heterocycles. The van der Waals surface area contributed by atoms with Crippen LogP contribution in [0.1, 0.15) is 18.9 Å². The van der Waals surface area contributed by atoms with Crippen LogP contribution >= 0.6 is 23.4 Å². The first-order valence-electron chi connectivity index (χ1n) is 8.56. The van der Waals surface area contributed by atoms with E-state index < -0.39 is 15.7 Å². The zero-order valence-corrected chi connectivity index (χ0v) is 17.7. The first-order chi connectivity index (χ1) is 13.2. The van der Waals surface area contributed by atoms with Gasteiger partial charge in [-0.2, -0.15) is 0 Å². The van der Waals surface area contributed by atoms with Gasteiger partial charge in [-0.15, -0.1) is 11.8 Å². The van der Waals surface area contributed by atoms with Gasteiger partial charge in [0.2, 0.25) is 11.8 Å². The zero-order valence-electron chi connectivity index (χ0n) is 15.3. The molecule has 148 valence electrons. The molecule has 9 heteroatoms. The van der Waals surface area contributed by atoms with Crippen molar-refractivity contribution in [1.29, 1.82) is 0 Å². The average molecular weight is 439 g/mol. The molecule has 0 radical (unpaired) electrons. The maximum atomic E-state index is 12.6. The normalized spacial score (nSPS) is 16.2. The zero-order chi connectivity index (χ0) is 20.5. The number of benzene rings is 2. The predicted octanol–water partition coefficient (Wildman–Crippen LogP) is 3.88. The van der Waals surface area contributed by atoms with E-state index in [0.717, 1.165) is 10.5 Å². The number of amides is 2. The lowest BCUT2D eigenvalue weighted by Crippen LogP contribution is -2.26. The molecule has 1 atom stereocenters. The highest BCUT2D eigenvalue weighted by atomic mass is 35.5. The number of sulfone groups is 1. The summed E-state index contributed by atoms with van der Waals surface area (Å²) in [7, 11) is -3.68. The molecule has 28 heavy (non-hydrogen) atoms. The number of nitrogens with one attached hydrogen (secondary N) is 2. The maximum Gasteiger partial charge on any atom is 0.237 e. The lowest BCUT2D eigenvalue weighted by molar-refractivity contribution is -0.116. The molecule has 2 amide bonds. The van der Waals surface area contributed by atoms with Gasteiger partial charge in [0.05, 0.1) is 21.6 Å². The van der Waals surface area contributed by atoms with Crippen molar-refractivity contribution < 1.29 is 18.0 Å². The molecule has 1 heterocycles. The first-order valence-corrected chi connectivity index (χ1v) is 11.5. The fourth-order valence-corrected chi connectivity index (χ4v) is 5.05. The van der Waals surface area contributed by atoms with Crippen molar-refractivity contribution in [3.8, 4) is 0 Å². The molecule has 2 N–H and O–H groups in total. The van der Waals surface area contributed by atoms with Gasteiger partial charge in [0.1, 0.15) is 0 Å². The minimum Gasteiger partial charge on any atom is -0.326 e. The topological polar surface area (TPSA) is 92.3 Å². The number of anilines is 2. The number of hydrogen-bond donors (Lipinski definition) is 2. The number of halogens is 1. The summed E-state index contributed by atoms with van der Waals surface area (Å²) in [4.78, 5) is 24.9. The van der Waals surface area contributed by atoms with E-state index in [-0.39, 0.29) is 28.2 Å². The third kappa shape index (κ3) is 4.51. The molecular formula is C19H19ClN2O4S2. The smallest absolute Gasteiger partial charge is 0.237 e. The molecule has 1 aliphatic rings. The molecular weight excluding hydrogens is 420 g/mol. The van der Waals surface area contributed by atoms with Gasteiger partial charge in [0, 0.05) is 22.0 Å². The van der Waals surface area contributed by atoms with Crippen LogP contribution in [0.25, 0.3) is 0 Å². The highest BCUT2D eigenvalue weighted by Gasteiger charge is 2.25. The number of rotatable bonds is 5. The highest BCUT2D eigenvalue weighted by Crippen LogP contribution is 2.37. The Kier molecular flexibility index (Phi) is 6.02. The van der Waals surface area contributed by atoms with Crippen LogP contribution in [-0.2, 0) is 19.4 Å². The molecule has 1 aliphatic heterocycles. The van der Waals surface area contributed by atoms with Gasteiger partial charge >= 0.3 is 0 Å². The van der Waals surface area contributed by atoms with Crippen LogP contribution in [0.5, 0.6) is 0 Å². The summed E-state index contributed by atoms with van der Waals surface area (Å²) in [6.07, 6.45) is -0.191. The minimum atomic E-state index is -3.68. The second-order valence-corrected chi connectivity index (χ2v) is 10.3. The Morgan fingerprint density at radius 3 is 2.79 bits per heavy atom. The fraction of sp³-hybridized carbons (Fsp3) is 0.263. The number of carbonyl (C=O) groups is 2.